The molecule has 14 heteroatoms. The molecule has 0 fully saturated rings. The molecule has 5 aromatic rings. The van der Waals surface area contributed by atoms with E-state index in [1.807, 2.05) is 0 Å². The van der Waals surface area contributed by atoms with Gasteiger partial charge in [0.15, 0.2) is 5.13 Å². The number of urea groups is 1. The quantitative estimate of drug-likeness (QED) is 0.127. The fraction of sp³-hybridized carbons (Fsp3) is 0.188. The molecule has 0 spiro atoms. The van der Waals surface area contributed by atoms with Gasteiger partial charge in [-0.1, -0.05) is 59.3 Å². The second-order valence-electron chi connectivity index (χ2n) is 10.5. The van der Waals surface area contributed by atoms with E-state index in [1.165, 1.54) is 24.3 Å². The fourth-order valence-corrected chi connectivity index (χ4v) is 6.57. The van der Waals surface area contributed by atoms with Crippen molar-refractivity contribution in [3.8, 4) is 11.3 Å². The van der Waals surface area contributed by atoms with Crippen LogP contribution in [0, 0.1) is 11.6 Å². The Morgan fingerprint density at radius 1 is 0.891 bits per heavy atom. The Bertz CT molecular complexity index is 1830. The average molecular weight is 683 g/mol. The number of hydrogen-bond acceptors (Lipinski definition) is 7. The van der Waals surface area contributed by atoms with Crippen molar-refractivity contribution in [2.24, 2.45) is 0 Å². The van der Waals surface area contributed by atoms with E-state index in [0.717, 1.165) is 28.7 Å². The van der Waals surface area contributed by atoms with Gasteiger partial charge in [0.05, 0.1) is 6.26 Å². The molecule has 46 heavy (non-hydrogen) atoms. The van der Waals surface area contributed by atoms with Crippen LogP contribution in [-0.4, -0.2) is 41.7 Å². The summed E-state index contributed by atoms with van der Waals surface area (Å²) in [6, 6.07) is 19.7. The standard InChI is InChI=1S/C32H29ClF2N6O3S2/c1-46(43,44)41-25-13-7-22(8-14-25)29-30(33)45-32(39-29)40-31(42)38-26(19-28-36-17-2-18-37-28)15-16-27(20-3-9-23(34)10-4-20)21-5-11-24(35)12-6-21/h2-14,17-18,26-27,41H,15-16,19H2,1H3,(H2,38,39,40,42). The van der Waals surface area contributed by atoms with Crippen LogP contribution in [0.4, 0.5) is 24.4 Å². The number of carbonyl (C=O) groups is 1. The first-order valence-corrected chi connectivity index (χ1v) is 17.2. The number of amides is 2. The lowest BCUT2D eigenvalue weighted by atomic mass is 9.86. The highest BCUT2D eigenvalue weighted by atomic mass is 35.5. The number of nitrogens with zero attached hydrogens (tertiary/aromatic N) is 3. The van der Waals surface area contributed by atoms with E-state index in [1.54, 1.807) is 67.0 Å². The van der Waals surface area contributed by atoms with Gasteiger partial charge in [-0.05, 0) is 66.4 Å². The number of anilines is 2. The minimum absolute atomic E-state index is 0.190. The summed E-state index contributed by atoms with van der Waals surface area (Å²) in [5.74, 6) is -0.359. The highest BCUT2D eigenvalue weighted by molar-refractivity contribution is 7.92. The van der Waals surface area contributed by atoms with E-state index in [0.29, 0.717) is 46.4 Å². The maximum Gasteiger partial charge on any atom is 0.321 e. The van der Waals surface area contributed by atoms with Crippen molar-refractivity contribution in [2.75, 3.05) is 16.3 Å². The van der Waals surface area contributed by atoms with E-state index in [-0.39, 0.29) is 22.7 Å². The molecule has 0 saturated carbocycles. The van der Waals surface area contributed by atoms with Crippen molar-refractivity contribution in [1.29, 1.82) is 0 Å². The number of hydrogen-bond donors (Lipinski definition) is 3. The SMILES string of the molecule is CS(=O)(=O)Nc1ccc(-c2nc(NC(=O)NC(CCC(c3ccc(F)cc3)c3ccc(F)cc3)Cc3ncccn3)sc2Cl)cc1. The van der Waals surface area contributed by atoms with E-state index < -0.39 is 22.1 Å². The maximum absolute atomic E-state index is 13.7. The summed E-state index contributed by atoms with van der Waals surface area (Å²) in [5, 5.41) is 6.01. The Kier molecular flexibility index (Phi) is 10.6. The third kappa shape index (κ3) is 9.28. The Morgan fingerprint density at radius 3 is 2.04 bits per heavy atom. The first-order valence-electron chi connectivity index (χ1n) is 14.1. The van der Waals surface area contributed by atoms with Gasteiger partial charge in [-0.25, -0.2) is 36.9 Å². The van der Waals surface area contributed by atoms with E-state index >= 15 is 0 Å². The molecule has 0 saturated heterocycles. The van der Waals surface area contributed by atoms with Crippen LogP contribution in [-0.2, 0) is 16.4 Å². The highest BCUT2D eigenvalue weighted by Gasteiger charge is 2.21. The smallest absolute Gasteiger partial charge is 0.321 e. The molecule has 9 nitrogen and oxygen atoms in total. The van der Waals surface area contributed by atoms with Gasteiger partial charge in [0.2, 0.25) is 10.0 Å². The van der Waals surface area contributed by atoms with Crippen LogP contribution in [0.3, 0.4) is 0 Å². The molecular formula is C32H29ClF2N6O3S2. The molecule has 238 valence electrons. The normalized spacial score (nSPS) is 12.1. The van der Waals surface area contributed by atoms with Crippen LogP contribution in [0.2, 0.25) is 4.34 Å². The first-order chi connectivity index (χ1) is 22.0. The number of carbonyl (C=O) groups excluding carboxylic acids is 1. The molecule has 3 aromatic carbocycles. The topological polar surface area (TPSA) is 126 Å². The Hall–Kier alpha value is -4.46. The molecule has 1 unspecified atom stereocenters. The van der Waals surface area contributed by atoms with Crippen molar-refractivity contribution in [3.63, 3.8) is 0 Å². The molecule has 3 N–H and O–H groups in total. The summed E-state index contributed by atoms with van der Waals surface area (Å²) in [6.45, 7) is 0. The molecule has 2 heterocycles. The monoisotopic (exact) mass is 682 g/mol. The Morgan fingerprint density at radius 2 is 1.48 bits per heavy atom. The average Bonchev–Trinajstić information content (AvgIpc) is 3.38. The van der Waals surface area contributed by atoms with E-state index in [9.17, 15) is 22.0 Å². The van der Waals surface area contributed by atoms with Crippen LogP contribution < -0.4 is 15.4 Å². The zero-order valence-corrected chi connectivity index (χ0v) is 26.8. The van der Waals surface area contributed by atoms with Gasteiger partial charge in [-0.2, -0.15) is 0 Å². The predicted molar refractivity (Wildman–Crippen MR) is 177 cm³/mol. The van der Waals surface area contributed by atoms with Crippen molar-refractivity contribution in [3.05, 3.63) is 124 Å². The lowest BCUT2D eigenvalue weighted by molar-refractivity contribution is 0.247. The van der Waals surface area contributed by atoms with Crippen molar-refractivity contribution in [1.82, 2.24) is 20.3 Å². The molecule has 0 aliphatic heterocycles. The maximum atomic E-state index is 13.7. The van der Waals surface area contributed by atoms with Gasteiger partial charge >= 0.3 is 6.03 Å². The molecule has 0 aliphatic rings. The minimum atomic E-state index is -3.42. The zero-order chi connectivity index (χ0) is 32.7. The summed E-state index contributed by atoms with van der Waals surface area (Å²) >= 11 is 7.53. The van der Waals surface area contributed by atoms with Gasteiger partial charge in [0.25, 0.3) is 0 Å². The summed E-state index contributed by atoms with van der Waals surface area (Å²) in [5.41, 5.74) is 3.18. The molecule has 2 amide bonds. The largest absolute Gasteiger partial charge is 0.335 e. The van der Waals surface area contributed by atoms with Crippen molar-refractivity contribution in [2.45, 2.75) is 31.2 Å². The summed E-state index contributed by atoms with van der Waals surface area (Å²) in [4.78, 5) is 26.3. The van der Waals surface area contributed by atoms with Crippen LogP contribution in [0.15, 0.2) is 91.3 Å². The number of halogens is 3. The summed E-state index contributed by atoms with van der Waals surface area (Å²) < 4.78 is 53.2. The minimum Gasteiger partial charge on any atom is -0.335 e. The zero-order valence-electron chi connectivity index (χ0n) is 24.5. The Labute approximate surface area is 274 Å². The lowest BCUT2D eigenvalue weighted by Gasteiger charge is -2.23. The molecule has 0 bridgehead atoms. The Balaban J connectivity index is 1.31. The molecular weight excluding hydrogens is 654 g/mol. The predicted octanol–water partition coefficient (Wildman–Crippen LogP) is 7.25. The summed E-state index contributed by atoms with van der Waals surface area (Å²) in [7, 11) is -3.42. The second-order valence-corrected chi connectivity index (χ2v) is 13.8. The number of nitrogens with one attached hydrogen (secondary N) is 3. The van der Waals surface area contributed by atoms with Gasteiger partial charge in [-0.15, -0.1) is 0 Å². The van der Waals surface area contributed by atoms with Crippen LogP contribution in [0.25, 0.3) is 11.3 Å². The van der Waals surface area contributed by atoms with Gasteiger partial charge < -0.3 is 5.32 Å². The van der Waals surface area contributed by atoms with E-state index in [2.05, 4.69) is 30.3 Å². The van der Waals surface area contributed by atoms with Gasteiger partial charge in [0, 0.05) is 42.0 Å². The molecule has 1 atom stereocenters. The molecule has 5 rings (SSSR count). The third-order valence-electron chi connectivity index (χ3n) is 7.00. The number of aromatic nitrogens is 3. The van der Waals surface area contributed by atoms with E-state index in [4.69, 9.17) is 11.6 Å². The number of thiazole rings is 1. The summed E-state index contributed by atoms with van der Waals surface area (Å²) in [6.07, 6.45) is 5.69. The molecule has 0 radical (unpaired) electrons. The number of sulfonamides is 1. The number of rotatable bonds is 12. The van der Waals surface area contributed by atoms with Crippen LogP contribution in [0.1, 0.15) is 35.7 Å². The molecule has 2 aromatic heterocycles. The van der Waals surface area contributed by atoms with Crippen LogP contribution >= 0.6 is 22.9 Å². The van der Waals surface area contributed by atoms with Gasteiger partial charge in [0.1, 0.15) is 27.5 Å². The van der Waals surface area contributed by atoms with Crippen molar-refractivity contribution >= 4 is 49.8 Å². The van der Waals surface area contributed by atoms with Gasteiger partial charge in [-0.3, -0.25) is 10.0 Å². The second kappa shape index (κ2) is 14.8. The highest BCUT2D eigenvalue weighted by Crippen LogP contribution is 2.36. The first kappa shape index (κ1) is 32.9. The third-order valence-corrected chi connectivity index (χ3v) is 8.78. The molecule has 0 aliphatic carbocycles. The lowest BCUT2D eigenvalue weighted by Crippen LogP contribution is -2.40. The fourth-order valence-electron chi connectivity index (χ4n) is 4.93. The van der Waals surface area contributed by atoms with Crippen LogP contribution in [0.5, 0.6) is 0 Å². The number of benzene rings is 3. The van der Waals surface area contributed by atoms with Crippen molar-refractivity contribution < 1.29 is 22.0 Å².